The molecule has 0 aliphatic carbocycles. The maximum Gasteiger partial charge on any atom is 0.236 e. The Morgan fingerprint density at radius 1 is 1.11 bits per heavy atom. The number of amides is 1. The first kappa shape index (κ1) is 27.0. The quantitative estimate of drug-likeness (QED) is 0.333. The molecule has 1 saturated heterocycles. The van der Waals surface area contributed by atoms with E-state index < -0.39 is 6.10 Å². The first-order valence-electron chi connectivity index (χ1n) is 13.0. The molecular weight excluding hydrogens is 470 g/mol. The lowest BCUT2D eigenvalue weighted by molar-refractivity contribution is -0.131. The van der Waals surface area contributed by atoms with Gasteiger partial charge in [-0.15, -0.1) is 0 Å². The minimum Gasteiger partial charge on any atom is -0.493 e. The maximum absolute atomic E-state index is 12.5. The number of fused-ring (bicyclic) bond motifs is 1. The predicted molar refractivity (Wildman–Crippen MR) is 145 cm³/mol. The van der Waals surface area contributed by atoms with Crippen LogP contribution in [0.1, 0.15) is 49.7 Å². The minimum atomic E-state index is -0.843. The van der Waals surface area contributed by atoms with Crippen LogP contribution in [0.3, 0.4) is 0 Å². The van der Waals surface area contributed by atoms with Gasteiger partial charge in [-0.1, -0.05) is 19.9 Å². The molecule has 1 atom stereocenters. The highest BCUT2D eigenvalue weighted by Crippen LogP contribution is 2.40. The monoisotopic (exact) mass is 509 g/mol. The number of likely N-dealkylation sites (tertiary alicyclic amines) is 1. The third-order valence-corrected chi connectivity index (χ3v) is 7.30. The first-order chi connectivity index (χ1) is 17.9. The number of hydrogen-bond donors (Lipinski definition) is 4. The normalized spacial score (nSPS) is 15.4. The van der Waals surface area contributed by atoms with Gasteiger partial charge in [-0.25, -0.2) is 0 Å². The largest absolute Gasteiger partial charge is 0.493 e. The number of aliphatic hydroxyl groups excluding tert-OH is 2. The second-order valence-electron chi connectivity index (χ2n) is 10.1. The summed E-state index contributed by atoms with van der Waals surface area (Å²) in [6, 6.07) is 12.7. The molecule has 1 aliphatic rings. The highest BCUT2D eigenvalue weighted by atomic mass is 16.5. The number of nitrogens with zero attached hydrogens (tertiary/aromatic N) is 1. The van der Waals surface area contributed by atoms with Crippen LogP contribution in [0.5, 0.6) is 11.5 Å². The van der Waals surface area contributed by atoms with Crippen LogP contribution in [0.15, 0.2) is 36.4 Å². The fourth-order valence-corrected chi connectivity index (χ4v) is 5.29. The molecule has 4 N–H and O–H groups in total. The number of carbonyl (C=O) groups excluding carboxylic acids is 1. The van der Waals surface area contributed by atoms with E-state index in [9.17, 15) is 9.90 Å². The molecule has 8 nitrogen and oxygen atoms in total. The molecule has 0 radical (unpaired) electrons. The molecule has 1 amide bonds. The summed E-state index contributed by atoms with van der Waals surface area (Å²) in [6.07, 6.45) is 0.992. The van der Waals surface area contributed by atoms with Gasteiger partial charge in [0.2, 0.25) is 5.91 Å². The minimum absolute atomic E-state index is 0.0336. The van der Waals surface area contributed by atoms with Crippen LogP contribution >= 0.6 is 0 Å². The lowest BCUT2D eigenvalue weighted by Crippen LogP contribution is -2.44. The number of aromatic nitrogens is 1. The average molecular weight is 510 g/mol. The predicted octanol–water partition coefficient (Wildman–Crippen LogP) is 3.62. The van der Waals surface area contributed by atoms with Crippen LogP contribution in [-0.4, -0.2) is 79.1 Å². The molecule has 4 rings (SSSR count). The van der Waals surface area contributed by atoms with E-state index in [1.807, 2.05) is 17.0 Å². The van der Waals surface area contributed by atoms with Crippen LogP contribution in [0, 0.1) is 0 Å². The van der Waals surface area contributed by atoms with Crippen molar-refractivity contribution in [2.45, 2.75) is 44.6 Å². The number of carbonyl (C=O) groups is 1. The summed E-state index contributed by atoms with van der Waals surface area (Å²) < 4.78 is 11.0. The number of benzene rings is 2. The van der Waals surface area contributed by atoms with E-state index >= 15 is 0 Å². The molecule has 1 fully saturated rings. The maximum atomic E-state index is 12.5. The van der Waals surface area contributed by atoms with Crippen molar-refractivity contribution in [3.05, 3.63) is 47.5 Å². The zero-order chi connectivity index (χ0) is 26.5. The van der Waals surface area contributed by atoms with Crippen molar-refractivity contribution in [1.29, 1.82) is 0 Å². The zero-order valence-electron chi connectivity index (χ0n) is 22.2. The van der Waals surface area contributed by atoms with Gasteiger partial charge in [0.05, 0.1) is 39.2 Å². The van der Waals surface area contributed by atoms with Gasteiger partial charge in [0.1, 0.15) is 0 Å². The number of aliphatic hydroxyl groups is 2. The van der Waals surface area contributed by atoms with Crippen LogP contribution in [-0.2, 0) is 4.79 Å². The molecule has 2 aromatic carbocycles. The van der Waals surface area contributed by atoms with Crippen molar-refractivity contribution in [3.8, 4) is 22.8 Å². The van der Waals surface area contributed by atoms with Gasteiger partial charge in [-0.2, -0.15) is 0 Å². The van der Waals surface area contributed by atoms with Gasteiger partial charge in [0, 0.05) is 36.1 Å². The number of piperidine rings is 1. The Balaban J connectivity index is 1.52. The number of nitrogens with one attached hydrogen (secondary N) is 2. The fourth-order valence-electron chi connectivity index (χ4n) is 5.29. The van der Waals surface area contributed by atoms with Crippen molar-refractivity contribution in [2.75, 3.05) is 47.0 Å². The smallest absolute Gasteiger partial charge is 0.236 e. The number of ether oxygens (including phenoxy) is 2. The summed E-state index contributed by atoms with van der Waals surface area (Å²) in [4.78, 5) is 18.1. The lowest BCUT2D eigenvalue weighted by atomic mass is 9.87. The second-order valence-corrected chi connectivity index (χ2v) is 10.1. The lowest BCUT2D eigenvalue weighted by Gasteiger charge is -2.32. The highest BCUT2D eigenvalue weighted by molar-refractivity contribution is 5.92. The van der Waals surface area contributed by atoms with Crippen LogP contribution < -0.4 is 14.8 Å². The Labute approximate surface area is 218 Å². The van der Waals surface area contributed by atoms with E-state index in [4.69, 9.17) is 14.6 Å². The Morgan fingerprint density at radius 2 is 1.84 bits per heavy atom. The van der Waals surface area contributed by atoms with E-state index in [0.717, 1.165) is 29.6 Å². The first-order valence-corrected chi connectivity index (χ1v) is 13.0. The van der Waals surface area contributed by atoms with E-state index in [1.54, 1.807) is 14.2 Å². The second kappa shape index (κ2) is 12.0. The molecule has 0 bridgehead atoms. The molecule has 0 spiro atoms. The topological polar surface area (TPSA) is 107 Å². The van der Waals surface area contributed by atoms with Gasteiger partial charge >= 0.3 is 0 Å². The summed E-state index contributed by atoms with van der Waals surface area (Å²) in [5.74, 6) is 2.17. The van der Waals surface area contributed by atoms with Gasteiger partial charge in [0.15, 0.2) is 11.5 Å². The summed E-state index contributed by atoms with van der Waals surface area (Å²) in [6.45, 7) is 5.94. The Morgan fingerprint density at radius 3 is 2.49 bits per heavy atom. The molecule has 0 saturated carbocycles. The van der Waals surface area contributed by atoms with Crippen molar-refractivity contribution in [2.24, 2.45) is 0 Å². The van der Waals surface area contributed by atoms with E-state index in [0.29, 0.717) is 36.4 Å². The third-order valence-electron chi connectivity index (χ3n) is 7.30. The average Bonchev–Trinajstić information content (AvgIpc) is 3.31. The van der Waals surface area contributed by atoms with Gasteiger partial charge in [-0.05, 0) is 66.1 Å². The van der Waals surface area contributed by atoms with Gasteiger partial charge < -0.3 is 34.9 Å². The molecule has 1 aliphatic heterocycles. The molecule has 3 aromatic rings. The summed E-state index contributed by atoms with van der Waals surface area (Å²) >= 11 is 0. The van der Waals surface area contributed by atoms with Crippen molar-refractivity contribution < 1.29 is 24.5 Å². The van der Waals surface area contributed by atoms with E-state index in [1.165, 1.54) is 16.5 Å². The number of rotatable bonds is 10. The molecule has 1 unspecified atom stereocenters. The summed E-state index contributed by atoms with van der Waals surface area (Å²) in [5, 5.41) is 22.5. The summed E-state index contributed by atoms with van der Waals surface area (Å²) in [7, 11) is 3.29. The fraction of sp³-hybridized carbons (Fsp3) is 0.483. The van der Waals surface area contributed by atoms with E-state index in [-0.39, 0.29) is 25.6 Å². The number of hydrogen-bond acceptors (Lipinski definition) is 6. The number of methoxy groups -OCH3 is 2. The van der Waals surface area contributed by atoms with Crippen LogP contribution in [0.2, 0.25) is 0 Å². The van der Waals surface area contributed by atoms with Crippen molar-refractivity contribution >= 4 is 16.8 Å². The van der Waals surface area contributed by atoms with Crippen LogP contribution in [0.25, 0.3) is 22.2 Å². The summed E-state index contributed by atoms with van der Waals surface area (Å²) in [5.41, 5.74) is 5.87. The Kier molecular flexibility index (Phi) is 8.74. The third kappa shape index (κ3) is 5.92. The van der Waals surface area contributed by atoms with E-state index in [2.05, 4.69) is 48.4 Å². The molecule has 1 aromatic heterocycles. The van der Waals surface area contributed by atoms with Crippen molar-refractivity contribution in [3.63, 3.8) is 0 Å². The van der Waals surface area contributed by atoms with Gasteiger partial charge in [0.25, 0.3) is 0 Å². The molecule has 37 heavy (non-hydrogen) atoms. The van der Waals surface area contributed by atoms with Crippen LogP contribution in [0.4, 0.5) is 0 Å². The molecule has 200 valence electrons. The zero-order valence-corrected chi connectivity index (χ0v) is 22.2. The van der Waals surface area contributed by atoms with Crippen molar-refractivity contribution in [1.82, 2.24) is 15.2 Å². The Hall–Kier alpha value is -3.07. The highest BCUT2D eigenvalue weighted by Gasteiger charge is 2.25. The van der Waals surface area contributed by atoms with Gasteiger partial charge in [-0.3, -0.25) is 4.79 Å². The Bertz CT molecular complexity index is 1210. The molecule has 8 heteroatoms. The molecular formula is C29H39N3O5. The SMILES string of the molecule is COc1ccc(-c2[nH]c3ccc(C4CCN(C(=O)CNCC(O)CO)CC4)cc3c2C(C)C)cc1OC. The number of aromatic amines is 1. The number of H-pyrrole nitrogens is 1. The standard InChI is InChI=1S/C29H39N3O5/c1-18(2)28-23-13-20(19-9-11-32(12-10-19)27(35)16-30-15-22(34)17-33)5-7-24(23)31-29(28)21-6-8-25(36-3)26(14-21)37-4/h5-8,13-14,18-19,22,30-31,33-34H,9-12,15-17H2,1-4H3. The molecule has 2 heterocycles.